The molecule has 1 rings (SSSR count). The third-order valence-corrected chi connectivity index (χ3v) is 2.34. The quantitative estimate of drug-likeness (QED) is 0.510. The Bertz CT molecular complexity index is 540. The molecule has 0 bridgehead atoms. The maximum absolute atomic E-state index is 11.6. The first kappa shape index (κ1) is 16.5. The van der Waals surface area contributed by atoms with Gasteiger partial charge in [0.25, 0.3) is 0 Å². The maximum atomic E-state index is 11.6. The topological polar surface area (TPSA) is 90.9 Å². The Labute approximate surface area is 122 Å². The number of anilines is 1. The molecule has 0 spiro atoms. The van der Waals surface area contributed by atoms with E-state index < -0.39 is 12.2 Å². The molecule has 114 valence electrons. The first-order chi connectivity index (χ1) is 9.97. The van der Waals surface area contributed by atoms with Crippen molar-refractivity contribution in [3.63, 3.8) is 0 Å². The molecule has 0 aliphatic rings. The fraction of sp³-hybridized carbons (Fsp3) is 0.357. The van der Waals surface area contributed by atoms with Gasteiger partial charge in [-0.3, -0.25) is 10.1 Å². The molecule has 0 atom stereocenters. The fourth-order valence-corrected chi connectivity index (χ4v) is 1.49. The van der Waals surface area contributed by atoms with Crippen molar-refractivity contribution in [1.82, 2.24) is 0 Å². The van der Waals surface area contributed by atoms with Crippen molar-refractivity contribution in [2.45, 2.75) is 20.8 Å². The van der Waals surface area contributed by atoms with E-state index in [1.165, 1.54) is 25.1 Å². The van der Waals surface area contributed by atoms with Crippen LogP contribution in [0.25, 0.3) is 0 Å². The summed E-state index contributed by atoms with van der Waals surface area (Å²) in [6, 6.07) is 4.28. The van der Waals surface area contributed by atoms with Gasteiger partial charge >= 0.3 is 12.2 Å². The van der Waals surface area contributed by atoms with Gasteiger partial charge in [-0.05, 0) is 39.0 Å². The number of nitrogens with one attached hydrogen (secondary N) is 1. The van der Waals surface area contributed by atoms with Crippen LogP contribution in [-0.4, -0.2) is 31.2 Å². The molecular formula is C14H17NO6. The van der Waals surface area contributed by atoms with Gasteiger partial charge in [0.1, 0.15) is 5.75 Å². The normalized spacial score (nSPS) is 9.67. The average molecular weight is 295 g/mol. The molecule has 21 heavy (non-hydrogen) atoms. The lowest BCUT2D eigenvalue weighted by Gasteiger charge is -2.10. The Hall–Kier alpha value is -2.57. The molecule has 1 amide bonds. The van der Waals surface area contributed by atoms with Crippen molar-refractivity contribution in [3.05, 3.63) is 23.8 Å². The molecule has 0 saturated carbocycles. The van der Waals surface area contributed by atoms with E-state index in [4.69, 9.17) is 9.47 Å². The summed E-state index contributed by atoms with van der Waals surface area (Å²) in [7, 11) is 0. The van der Waals surface area contributed by atoms with Crippen LogP contribution >= 0.6 is 0 Å². The Kier molecular flexibility index (Phi) is 6.19. The molecule has 0 heterocycles. The SMILES string of the molecule is CCOC(=O)Nc1ccc(OC(=O)OCC)c(C(C)=O)c1. The van der Waals surface area contributed by atoms with Crippen LogP contribution < -0.4 is 10.1 Å². The van der Waals surface area contributed by atoms with Gasteiger partial charge in [0, 0.05) is 5.69 Å². The largest absolute Gasteiger partial charge is 0.513 e. The molecule has 0 fully saturated rings. The molecule has 7 heteroatoms. The highest BCUT2D eigenvalue weighted by atomic mass is 16.7. The summed E-state index contributed by atoms with van der Waals surface area (Å²) in [6.45, 7) is 5.03. The highest BCUT2D eigenvalue weighted by molar-refractivity contribution is 5.99. The number of Topliss-reactive ketones (excluding diaryl/α,β-unsaturated/α-hetero) is 1. The molecule has 0 aliphatic heterocycles. The number of amides is 1. The van der Waals surface area contributed by atoms with Gasteiger partial charge in [-0.15, -0.1) is 0 Å². The standard InChI is InChI=1S/C14H17NO6/c1-4-19-13(17)15-10-6-7-12(11(8-10)9(3)16)21-14(18)20-5-2/h6-8H,4-5H2,1-3H3,(H,15,17). The van der Waals surface area contributed by atoms with Crippen LogP contribution in [0.1, 0.15) is 31.1 Å². The summed E-state index contributed by atoms with van der Waals surface area (Å²) in [5.74, 6) is -0.253. The molecule has 1 aromatic carbocycles. The zero-order valence-corrected chi connectivity index (χ0v) is 12.1. The molecule has 0 unspecified atom stereocenters. The number of carbonyl (C=O) groups excluding carboxylic acids is 3. The second kappa shape index (κ2) is 7.88. The van der Waals surface area contributed by atoms with Gasteiger partial charge < -0.3 is 14.2 Å². The number of benzene rings is 1. The summed E-state index contributed by atoms with van der Waals surface area (Å²) in [6.07, 6.45) is -1.53. The van der Waals surface area contributed by atoms with E-state index >= 15 is 0 Å². The minimum absolute atomic E-state index is 0.0651. The van der Waals surface area contributed by atoms with Crippen LogP contribution in [-0.2, 0) is 9.47 Å². The van der Waals surface area contributed by atoms with E-state index in [2.05, 4.69) is 10.1 Å². The van der Waals surface area contributed by atoms with Crippen molar-refractivity contribution in [3.8, 4) is 5.75 Å². The van der Waals surface area contributed by atoms with Gasteiger partial charge in [-0.1, -0.05) is 0 Å². The molecule has 0 aliphatic carbocycles. The van der Waals surface area contributed by atoms with Crippen molar-refractivity contribution >= 4 is 23.7 Å². The molecule has 1 aromatic rings. The van der Waals surface area contributed by atoms with Crippen LogP contribution in [0.2, 0.25) is 0 Å². The Balaban J connectivity index is 2.94. The zero-order chi connectivity index (χ0) is 15.8. The van der Waals surface area contributed by atoms with E-state index in [0.29, 0.717) is 5.69 Å². The predicted octanol–water partition coefficient (Wildman–Crippen LogP) is 2.99. The lowest BCUT2D eigenvalue weighted by molar-refractivity contribution is 0.0987. The molecule has 0 radical (unpaired) electrons. The van der Waals surface area contributed by atoms with Crippen molar-refractivity contribution in [2.75, 3.05) is 18.5 Å². The molecular weight excluding hydrogens is 278 g/mol. The zero-order valence-electron chi connectivity index (χ0n) is 12.1. The molecule has 0 aromatic heterocycles. The minimum atomic E-state index is -0.897. The fourth-order valence-electron chi connectivity index (χ4n) is 1.49. The molecule has 7 nitrogen and oxygen atoms in total. The summed E-state index contributed by atoms with van der Waals surface area (Å²) in [5, 5.41) is 2.46. The van der Waals surface area contributed by atoms with Crippen LogP contribution in [0.15, 0.2) is 18.2 Å². The predicted molar refractivity (Wildman–Crippen MR) is 74.7 cm³/mol. The molecule has 1 N–H and O–H groups in total. The number of ether oxygens (including phenoxy) is 3. The Morgan fingerprint density at radius 2 is 1.76 bits per heavy atom. The second-order valence-electron chi connectivity index (χ2n) is 3.90. The average Bonchev–Trinajstić information content (AvgIpc) is 2.40. The van der Waals surface area contributed by atoms with E-state index in [1.807, 2.05) is 0 Å². The monoisotopic (exact) mass is 295 g/mol. The van der Waals surface area contributed by atoms with Crippen LogP contribution in [0.3, 0.4) is 0 Å². The summed E-state index contributed by atoms with van der Waals surface area (Å²) in [5.41, 5.74) is 0.507. The highest BCUT2D eigenvalue weighted by Gasteiger charge is 2.15. The molecule has 0 saturated heterocycles. The van der Waals surface area contributed by atoms with E-state index in [0.717, 1.165) is 0 Å². The summed E-state index contributed by atoms with van der Waals surface area (Å²) in [4.78, 5) is 34.2. The second-order valence-corrected chi connectivity index (χ2v) is 3.90. The van der Waals surface area contributed by atoms with E-state index in [1.54, 1.807) is 13.8 Å². The number of carbonyl (C=O) groups is 3. The number of hydrogen-bond donors (Lipinski definition) is 1. The Morgan fingerprint density at radius 3 is 2.33 bits per heavy atom. The van der Waals surface area contributed by atoms with Gasteiger partial charge in [-0.25, -0.2) is 9.59 Å². The van der Waals surface area contributed by atoms with E-state index in [-0.39, 0.29) is 30.3 Å². The number of hydrogen-bond acceptors (Lipinski definition) is 6. The van der Waals surface area contributed by atoms with Crippen LogP contribution in [0, 0.1) is 0 Å². The third kappa shape index (κ3) is 5.13. The van der Waals surface area contributed by atoms with Crippen molar-refractivity contribution in [1.29, 1.82) is 0 Å². The smallest absolute Gasteiger partial charge is 0.450 e. The van der Waals surface area contributed by atoms with Gasteiger partial charge in [0.2, 0.25) is 0 Å². The lowest BCUT2D eigenvalue weighted by Crippen LogP contribution is -2.15. The highest BCUT2D eigenvalue weighted by Crippen LogP contribution is 2.24. The minimum Gasteiger partial charge on any atom is -0.450 e. The van der Waals surface area contributed by atoms with Crippen molar-refractivity contribution < 1.29 is 28.6 Å². The van der Waals surface area contributed by atoms with E-state index in [9.17, 15) is 14.4 Å². The summed E-state index contributed by atoms with van der Waals surface area (Å²) >= 11 is 0. The van der Waals surface area contributed by atoms with Crippen LogP contribution in [0.4, 0.5) is 15.3 Å². The lowest BCUT2D eigenvalue weighted by atomic mass is 10.1. The number of ketones is 1. The number of rotatable bonds is 5. The van der Waals surface area contributed by atoms with Gasteiger partial charge in [0.05, 0.1) is 18.8 Å². The van der Waals surface area contributed by atoms with Gasteiger partial charge in [0.15, 0.2) is 5.78 Å². The van der Waals surface area contributed by atoms with Gasteiger partial charge in [-0.2, -0.15) is 0 Å². The first-order valence-corrected chi connectivity index (χ1v) is 6.41. The third-order valence-electron chi connectivity index (χ3n) is 2.34. The van der Waals surface area contributed by atoms with Crippen LogP contribution in [0.5, 0.6) is 5.75 Å². The summed E-state index contributed by atoms with van der Waals surface area (Å²) < 4.78 is 14.3. The maximum Gasteiger partial charge on any atom is 0.513 e. The first-order valence-electron chi connectivity index (χ1n) is 6.41. The van der Waals surface area contributed by atoms with Crippen molar-refractivity contribution in [2.24, 2.45) is 0 Å². The Morgan fingerprint density at radius 1 is 1.10 bits per heavy atom.